The SMILES string of the molecule is CCc1nncn1CCNC(=NCC1CCCCC1)NC(C)c1ccccc1.I. The molecule has 1 aromatic heterocycles. The van der Waals surface area contributed by atoms with Gasteiger partial charge in [0.05, 0.1) is 6.04 Å². The predicted molar refractivity (Wildman–Crippen MR) is 130 cm³/mol. The topological polar surface area (TPSA) is 67.1 Å². The molecule has 1 aromatic carbocycles. The van der Waals surface area contributed by atoms with Crippen molar-refractivity contribution in [1.82, 2.24) is 25.4 Å². The maximum Gasteiger partial charge on any atom is 0.191 e. The van der Waals surface area contributed by atoms with Gasteiger partial charge in [-0.05, 0) is 31.2 Å². The van der Waals surface area contributed by atoms with Crippen molar-refractivity contribution < 1.29 is 0 Å². The first-order valence-electron chi connectivity index (χ1n) is 10.7. The quantitative estimate of drug-likeness (QED) is 0.315. The van der Waals surface area contributed by atoms with E-state index in [-0.39, 0.29) is 30.0 Å². The average molecular weight is 510 g/mol. The monoisotopic (exact) mass is 510 g/mol. The highest BCUT2D eigenvalue weighted by atomic mass is 127. The number of aromatic nitrogens is 3. The summed E-state index contributed by atoms with van der Waals surface area (Å²) in [6, 6.07) is 10.7. The molecule has 0 saturated heterocycles. The molecule has 0 aliphatic heterocycles. The lowest BCUT2D eigenvalue weighted by Gasteiger charge is -2.22. The summed E-state index contributed by atoms with van der Waals surface area (Å²) in [5.41, 5.74) is 1.27. The number of benzene rings is 1. The number of nitrogens with zero attached hydrogens (tertiary/aromatic N) is 4. The lowest BCUT2D eigenvalue weighted by Crippen LogP contribution is -2.40. The molecule has 0 radical (unpaired) electrons. The number of aliphatic imine (C=N–C) groups is 1. The first kappa shape index (κ1) is 23.6. The number of rotatable bonds is 8. The van der Waals surface area contributed by atoms with Crippen LogP contribution in [0.2, 0.25) is 0 Å². The van der Waals surface area contributed by atoms with Crippen LogP contribution in [0.25, 0.3) is 0 Å². The molecule has 1 saturated carbocycles. The molecule has 0 bridgehead atoms. The summed E-state index contributed by atoms with van der Waals surface area (Å²) >= 11 is 0. The largest absolute Gasteiger partial charge is 0.355 e. The zero-order chi connectivity index (χ0) is 19.6. The molecule has 1 fully saturated rings. The van der Waals surface area contributed by atoms with Crippen molar-refractivity contribution in [2.45, 2.75) is 65.0 Å². The average Bonchev–Trinajstić information content (AvgIpc) is 3.20. The van der Waals surface area contributed by atoms with Crippen LogP contribution in [0.1, 0.15) is 63.4 Å². The Morgan fingerprint density at radius 2 is 1.97 bits per heavy atom. The molecular formula is C22H35IN6. The number of hydrogen-bond donors (Lipinski definition) is 2. The van der Waals surface area contributed by atoms with E-state index >= 15 is 0 Å². The highest BCUT2D eigenvalue weighted by Crippen LogP contribution is 2.23. The lowest BCUT2D eigenvalue weighted by molar-refractivity contribution is 0.366. The maximum atomic E-state index is 4.93. The second-order valence-corrected chi connectivity index (χ2v) is 7.69. The minimum Gasteiger partial charge on any atom is -0.355 e. The second kappa shape index (κ2) is 12.8. The predicted octanol–water partition coefficient (Wildman–Crippen LogP) is 4.34. The van der Waals surface area contributed by atoms with Crippen LogP contribution in [0.4, 0.5) is 0 Å². The molecule has 6 nitrogen and oxygen atoms in total. The van der Waals surface area contributed by atoms with Gasteiger partial charge in [0.15, 0.2) is 5.96 Å². The van der Waals surface area contributed by atoms with E-state index < -0.39 is 0 Å². The van der Waals surface area contributed by atoms with E-state index in [0.717, 1.165) is 43.8 Å². The number of guanidine groups is 1. The molecule has 29 heavy (non-hydrogen) atoms. The van der Waals surface area contributed by atoms with Crippen LogP contribution in [0.5, 0.6) is 0 Å². The summed E-state index contributed by atoms with van der Waals surface area (Å²) in [5.74, 6) is 2.64. The van der Waals surface area contributed by atoms with Crippen LogP contribution in [0.3, 0.4) is 0 Å². The summed E-state index contributed by atoms with van der Waals surface area (Å²) in [7, 11) is 0. The van der Waals surface area contributed by atoms with E-state index in [1.807, 2.05) is 0 Å². The Bertz CT molecular complexity index is 724. The van der Waals surface area contributed by atoms with E-state index in [9.17, 15) is 0 Å². The van der Waals surface area contributed by atoms with E-state index in [4.69, 9.17) is 4.99 Å². The highest BCUT2D eigenvalue weighted by molar-refractivity contribution is 14.0. The van der Waals surface area contributed by atoms with Crippen LogP contribution < -0.4 is 10.6 Å². The van der Waals surface area contributed by atoms with Gasteiger partial charge >= 0.3 is 0 Å². The first-order chi connectivity index (χ1) is 13.8. The van der Waals surface area contributed by atoms with Gasteiger partial charge in [-0.15, -0.1) is 34.2 Å². The molecule has 2 N–H and O–H groups in total. The number of nitrogens with one attached hydrogen (secondary N) is 2. The summed E-state index contributed by atoms with van der Waals surface area (Å²) in [4.78, 5) is 4.93. The second-order valence-electron chi connectivity index (χ2n) is 7.69. The molecule has 1 atom stereocenters. The van der Waals surface area contributed by atoms with Gasteiger partial charge in [0.2, 0.25) is 0 Å². The standard InChI is InChI=1S/C22H34N6.HI/c1-3-21-27-25-17-28(21)15-14-23-22(24-16-19-10-6-4-7-11-19)26-18(2)20-12-8-5-9-13-20;/h5,8-9,12-13,17-19H,3-4,6-7,10-11,14-16H2,1-2H3,(H2,23,24,26);1H. The Morgan fingerprint density at radius 1 is 1.21 bits per heavy atom. The maximum absolute atomic E-state index is 4.93. The summed E-state index contributed by atoms with van der Waals surface area (Å²) in [5, 5.41) is 15.3. The molecule has 0 amide bonds. The van der Waals surface area contributed by atoms with E-state index in [2.05, 4.69) is 69.6 Å². The molecule has 160 valence electrons. The number of aryl methyl sites for hydroxylation is 1. The van der Waals surface area contributed by atoms with Crippen LogP contribution in [-0.4, -0.2) is 33.8 Å². The van der Waals surface area contributed by atoms with E-state index in [0.29, 0.717) is 0 Å². The zero-order valence-corrected chi connectivity index (χ0v) is 20.0. The van der Waals surface area contributed by atoms with Crippen LogP contribution in [0, 0.1) is 5.92 Å². The van der Waals surface area contributed by atoms with Gasteiger partial charge in [-0.25, -0.2) is 0 Å². The normalized spacial score (nSPS) is 16.1. The van der Waals surface area contributed by atoms with Crippen molar-refractivity contribution in [2.75, 3.05) is 13.1 Å². The van der Waals surface area contributed by atoms with Crippen molar-refractivity contribution >= 4 is 29.9 Å². The van der Waals surface area contributed by atoms with Crippen molar-refractivity contribution in [1.29, 1.82) is 0 Å². The zero-order valence-electron chi connectivity index (χ0n) is 17.7. The molecular weight excluding hydrogens is 475 g/mol. The molecule has 1 aliphatic carbocycles. The van der Waals surface area contributed by atoms with Gasteiger partial charge in [0, 0.05) is 26.1 Å². The molecule has 3 rings (SSSR count). The van der Waals surface area contributed by atoms with Gasteiger partial charge in [-0.1, -0.05) is 56.5 Å². The Kier molecular flexibility index (Phi) is 10.5. The molecule has 1 aliphatic rings. The van der Waals surface area contributed by atoms with Gasteiger partial charge in [-0.3, -0.25) is 4.99 Å². The molecule has 1 heterocycles. The third-order valence-electron chi connectivity index (χ3n) is 5.54. The van der Waals surface area contributed by atoms with Crippen LogP contribution in [0.15, 0.2) is 41.7 Å². The lowest BCUT2D eigenvalue weighted by atomic mass is 9.89. The minimum absolute atomic E-state index is 0. The summed E-state index contributed by atoms with van der Waals surface area (Å²) in [6.45, 7) is 6.82. The fourth-order valence-corrected chi connectivity index (χ4v) is 3.81. The molecule has 2 aromatic rings. The Balaban J connectivity index is 0.00000300. The fourth-order valence-electron chi connectivity index (χ4n) is 3.81. The van der Waals surface area contributed by atoms with Crippen LogP contribution in [-0.2, 0) is 13.0 Å². The van der Waals surface area contributed by atoms with Crippen molar-refractivity contribution in [3.8, 4) is 0 Å². The summed E-state index contributed by atoms with van der Waals surface area (Å²) in [6.07, 6.45) is 9.41. The van der Waals surface area contributed by atoms with E-state index in [1.54, 1.807) is 6.33 Å². The molecule has 0 spiro atoms. The molecule has 7 heteroatoms. The third kappa shape index (κ3) is 7.60. The smallest absolute Gasteiger partial charge is 0.191 e. The Hall–Kier alpha value is -1.64. The first-order valence-corrected chi connectivity index (χ1v) is 10.7. The van der Waals surface area contributed by atoms with Crippen LogP contribution >= 0.6 is 24.0 Å². The van der Waals surface area contributed by atoms with E-state index in [1.165, 1.54) is 37.7 Å². The fraction of sp³-hybridized carbons (Fsp3) is 0.591. The van der Waals surface area contributed by atoms with Gasteiger partial charge in [0.1, 0.15) is 12.2 Å². The van der Waals surface area contributed by atoms with Crippen molar-refractivity contribution in [3.05, 3.63) is 48.0 Å². The number of halogens is 1. The minimum atomic E-state index is 0. The van der Waals surface area contributed by atoms with Crippen molar-refractivity contribution in [2.24, 2.45) is 10.9 Å². The third-order valence-corrected chi connectivity index (χ3v) is 5.54. The van der Waals surface area contributed by atoms with Crippen molar-refractivity contribution in [3.63, 3.8) is 0 Å². The molecule has 1 unspecified atom stereocenters. The van der Waals surface area contributed by atoms with Gasteiger partial charge < -0.3 is 15.2 Å². The Labute approximate surface area is 192 Å². The summed E-state index contributed by atoms with van der Waals surface area (Å²) < 4.78 is 2.10. The van der Waals surface area contributed by atoms with Gasteiger partial charge in [-0.2, -0.15) is 0 Å². The van der Waals surface area contributed by atoms with Gasteiger partial charge in [0.25, 0.3) is 0 Å². The number of hydrogen-bond acceptors (Lipinski definition) is 3. The highest BCUT2D eigenvalue weighted by Gasteiger charge is 2.14. The Morgan fingerprint density at radius 3 is 2.69 bits per heavy atom.